The number of nitrogens with one attached hydrogen (secondary N) is 2. The third-order valence-corrected chi connectivity index (χ3v) is 2.03. The van der Waals surface area contributed by atoms with Crippen LogP contribution in [0.5, 0.6) is 0 Å². The highest BCUT2D eigenvalue weighted by Gasteiger charge is 2.21. The van der Waals surface area contributed by atoms with E-state index >= 15 is 0 Å². The summed E-state index contributed by atoms with van der Waals surface area (Å²) >= 11 is 0. The first-order chi connectivity index (χ1) is 5.47. The Morgan fingerprint density at radius 2 is 2.08 bits per heavy atom. The van der Waals surface area contributed by atoms with Gasteiger partial charge in [-0.15, -0.1) is 0 Å². The number of hydrogen-bond acceptors (Lipinski definition) is 4. The molecule has 0 saturated heterocycles. The third kappa shape index (κ3) is 4.30. The normalized spacial score (nSPS) is 17.4. The maximum absolute atomic E-state index is 10.8. The minimum absolute atomic E-state index is 0.0811. The van der Waals surface area contributed by atoms with Gasteiger partial charge in [0.2, 0.25) is 15.9 Å². The Labute approximate surface area is 71.6 Å². The third-order valence-electron chi connectivity index (χ3n) is 1.43. The minimum Gasteiger partial charge on any atom is -0.306 e. The number of sulfonamides is 1. The SMILES string of the molecule is CS(=O)(=O)NC(=O)CNC1CC1. The molecule has 70 valence electrons. The van der Waals surface area contributed by atoms with E-state index in [0.29, 0.717) is 6.04 Å². The first-order valence-corrected chi connectivity index (χ1v) is 5.60. The lowest BCUT2D eigenvalue weighted by Gasteiger charge is -2.02. The molecule has 6 heteroatoms. The Bertz CT molecular complexity index is 269. The Balaban J connectivity index is 2.19. The Morgan fingerprint density at radius 1 is 1.50 bits per heavy atom. The number of carbonyl (C=O) groups is 1. The standard InChI is InChI=1S/C6H12N2O3S/c1-12(10,11)8-6(9)4-7-5-2-3-5/h5,7H,2-4H2,1H3,(H,8,9). The maximum atomic E-state index is 10.8. The number of rotatable bonds is 4. The number of amides is 1. The fourth-order valence-corrected chi connectivity index (χ4v) is 1.25. The smallest absolute Gasteiger partial charge is 0.247 e. The van der Waals surface area contributed by atoms with E-state index in [4.69, 9.17) is 0 Å². The molecular formula is C6H12N2O3S. The molecule has 1 aliphatic carbocycles. The van der Waals surface area contributed by atoms with Gasteiger partial charge in [-0.25, -0.2) is 8.42 Å². The molecule has 2 N–H and O–H groups in total. The summed E-state index contributed by atoms with van der Waals surface area (Å²) in [6.45, 7) is 0.0811. The van der Waals surface area contributed by atoms with Gasteiger partial charge in [-0.1, -0.05) is 0 Å². The summed E-state index contributed by atoms with van der Waals surface area (Å²) in [6.07, 6.45) is 3.11. The monoisotopic (exact) mass is 192 g/mol. The van der Waals surface area contributed by atoms with Crippen LogP contribution in [0, 0.1) is 0 Å². The molecule has 1 rings (SSSR count). The second-order valence-electron chi connectivity index (χ2n) is 2.95. The van der Waals surface area contributed by atoms with Crippen LogP contribution in [0.25, 0.3) is 0 Å². The van der Waals surface area contributed by atoms with Crippen molar-refractivity contribution in [2.24, 2.45) is 0 Å². The predicted molar refractivity (Wildman–Crippen MR) is 44.0 cm³/mol. The van der Waals surface area contributed by atoms with Gasteiger partial charge in [0.05, 0.1) is 12.8 Å². The largest absolute Gasteiger partial charge is 0.306 e. The van der Waals surface area contributed by atoms with Crippen LogP contribution in [0.1, 0.15) is 12.8 Å². The molecule has 5 nitrogen and oxygen atoms in total. The Hall–Kier alpha value is -0.620. The molecule has 1 fully saturated rings. The minimum atomic E-state index is -3.39. The van der Waals surface area contributed by atoms with Crippen molar-refractivity contribution in [2.45, 2.75) is 18.9 Å². The van der Waals surface area contributed by atoms with E-state index in [-0.39, 0.29) is 6.54 Å². The summed E-state index contributed by atoms with van der Waals surface area (Å²) in [4.78, 5) is 10.8. The van der Waals surface area contributed by atoms with Crippen molar-refractivity contribution in [2.75, 3.05) is 12.8 Å². The van der Waals surface area contributed by atoms with Gasteiger partial charge >= 0.3 is 0 Å². The molecule has 0 bridgehead atoms. The highest BCUT2D eigenvalue weighted by molar-refractivity contribution is 7.89. The highest BCUT2D eigenvalue weighted by Crippen LogP contribution is 2.17. The van der Waals surface area contributed by atoms with Crippen LogP contribution < -0.4 is 10.0 Å². The molecule has 0 unspecified atom stereocenters. The van der Waals surface area contributed by atoms with Gasteiger partial charge in [0, 0.05) is 6.04 Å². The van der Waals surface area contributed by atoms with Gasteiger partial charge < -0.3 is 5.32 Å². The molecule has 0 radical (unpaired) electrons. The fraction of sp³-hybridized carbons (Fsp3) is 0.833. The molecular weight excluding hydrogens is 180 g/mol. The lowest BCUT2D eigenvalue weighted by atomic mass is 10.6. The molecule has 1 aliphatic rings. The van der Waals surface area contributed by atoms with E-state index in [0.717, 1.165) is 19.1 Å². The molecule has 0 spiro atoms. The zero-order valence-electron chi connectivity index (χ0n) is 6.83. The van der Waals surface area contributed by atoms with Gasteiger partial charge in [-0.05, 0) is 12.8 Å². The van der Waals surface area contributed by atoms with Crippen molar-refractivity contribution in [3.8, 4) is 0 Å². The van der Waals surface area contributed by atoms with Crippen LogP contribution in [0.2, 0.25) is 0 Å². The molecule has 0 heterocycles. The first kappa shape index (κ1) is 9.47. The van der Waals surface area contributed by atoms with Crippen LogP contribution >= 0.6 is 0 Å². The average Bonchev–Trinajstić information content (AvgIpc) is 2.61. The van der Waals surface area contributed by atoms with E-state index in [1.165, 1.54) is 0 Å². The number of hydrogen-bond donors (Lipinski definition) is 2. The molecule has 0 aromatic carbocycles. The summed E-state index contributed by atoms with van der Waals surface area (Å²) in [5.74, 6) is -0.496. The molecule has 0 aromatic heterocycles. The quantitative estimate of drug-likeness (QED) is 0.587. The van der Waals surface area contributed by atoms with Crippen LogP contribution in [0.3, 0.4) is 0 Å². The lowest BCUT2D eigenvalue weighted by molar-refractivity contribution is -0.118. The topological polar surface area (TPSA) is 75.3 Å². The van der Waals surface area contributed by atoms with Crippen molar-refractivity contribution in [1.82, 2.24) is 10.0 Å². The summed E-state index contributed by atoms with van der Waals surface area (Å²) in [5.41, 5.74) is 0. The zero-order valence-corrected chi connectivity index (χ0v) is 7.65. The van der Waals surface area contributed by atoms with Crippen molar-refractivity contribution in [3.63, 3.8) is 0 Å². The Kier molecular flexibility index (Phi) is 2.69. The predicted octanol–water partition coefficient (Wildman–Crippen LogP) is -1.19. The molecule has 0 aromatic rings. The van der Waals surface area contributed by atoms with E-state index in [2.05, 4.69) is 5.32 Å². The summed E-state index contributed by atoms with van der Waals surface area (Å²) in [7, 11) is -3.39. The van der Waals surface area contributed by atoms with Gasteiger partial charge in [0.1, 0.15) is 0 Å². The summed E-state index contributed by atoms with van der Waals surface area (Å²) < 4.78 is 23.0. The van der Waals surface area contributed by atoms with Crippen LogP contribution in [-0.4, -0.2) is 33.2 Å². The van der Waals surface area contributed by atoms with Crippen LogP contribution in [0.4, 0.5) is 0 Å². The fourth-order valence-electron chi connectivity index (χ4n) is 0.767. The van der Waals surface area contributed by atoms with Crippen molar-refractivity contribution in [1.29, 1.82) is 0 Å². The second-order valence-corrected chi connectivity index (χ2v) is 4.70. The van der Waals surface area contributed by atoms with Gasteiger partial charge in [0.15, 0.2) is 0 Å². The van der Waals surface area contributed by atoms with E-state index < -0.39 is 15.9 Å². The van der Waals surface area contributed by atoms with Crippen molar-refractivity contribution < 1.29 is 13.2 Å². The molecule has 1 saturated carbocycles. The maximum Gasteiger partial charge on any atom is 0.247 e. The van der Waals surface area contributed by atoms with Crippen LogP contribution in [0.15, 0.2) is 0 Å². The van der Waals surface area contributed by atoms with E-state index in [1.807, 2.05) is 4.72 Å². The second kappa shape index (κ2) is 3.40. The van der Waals surface area contributed by atoms with Gasteiger partial charge in [0.25, 0.3) is 0 Å². The van der Waals surface area contributed by atoms with E-state index in [1.54, 1.807) is 0 Å². The number of carbonyl (C=O) groups excluding carboxylic acids is 1. The Morgan fingerprint density at radius 3 is 2.50 bits per heavy atom. The molecule has 0 atom stereocenters. The van der Waals surface area contributed by atoms with Gasteiger partial charge in [-0.3, -0.25) is 9.52 Å². The molecule has 12 heavy (non-hydrogen) atoms. The first-order valence-electron chi connectivity index (χ1n) is 3.71. The zero-order chi connectivity index (χ0) is 9.19. The summed E-state index contributed by atoms with van der Waals surface area (Å²) in [5, 5.41) is 2.90. The molecule has 0 aliphatic heterocycles. The summed E-state index contributed by atoms with van der Waals surface area (Å²) in [6, 6.07) is 0.412. The van der Waals surface area contributed by atoms with E-state index in [9.17, 15) is 13.2 Å². The van der Waals surface area contributed by atoms with Gasteiger partial charge in [-0.2, -0.15) is 0 Å². The highest BCUT2D eigenvalue weighted by atomic mass is 32.2. The molecule has 1 amide bonds. The lowest BCUT2D eigenvalue weighted by Crippen LogP contribution is -2.37. The average molecular weight is 192 g/mol. The van der Waals surface area contributed by atoms with Crippen molar-refractivity contribution >= 4 is 15.9 Å². The van der Waals surface area contributed by atoms with Crippen LogP contribution in [-0.2, 0) is 14.8 Å². The van der Waals surface area contributed by atoms with Crippen molar-refractivity contribution in [3.05, 3.63) is 0 Å².